The first kappa shape index (κ1) is 20.4. The molecule has 0 saturated heterocycles. The molecule has 1 aromatic heterocycles. The molecule has 7 heteroatoms. The fraction of sp³-hybridized carbons (Fsp3) is 0.391. The molecule has 2 aromatic carbocycles. The molecule has 2 heterocycles. The zero-order chi connectivity index (χ0) is 21.9. The van der Waals surface area contributed by atoms with Crippen molar-refractivity contribution in [3.63, 3.8) is 0 Å². The van der Waals surface area contributed by atoms with Gasteiger partial charge in [0, 0.05) is 13.0 Å². The molecule has 1 aliphatic rings. The standard InChI is InChI=1S/C23H23F3N2O2/c1-14-5-10-18-17(11-14)27-19-23(25,26)12-22(13-28(18)19,20(29)30-21(2,3)4)15-6-8-16(24)9-7-15/h5-11H,12-13H2,1-4H3. The van der Waals surface area contributed by atoms with Gasteiger partial charge in [0.2, 0.25) is 0 Å². The third-order valence-corrected chi connectivity index (χ3v) is 5.37. The summed E-state index contributed by atoms with van der Waals surface area (Å²) in [7, 11) is 0. The van der Waals surface area contributed by atoms with Gasteiger partial charge in [-0.25, -0.2) is 9.37 Å². The number of alkyl halides is 2. The Labute approximate surface area is 172 Å². The molecule has 0 saturated carbocycles. The molecule has 0 N–H and O–H groups in total. The minimum atomic E-state index is -3.38. The SMILES string of the molecule is Cc1ccc2c(c1)nc1n2CC(C(=O)OC(C)(C)C)(c2ccc(F)cc2)CC1(F)F. The van der Waals surface area contributed by atoms with E-state index in [0.717, 1.165) is 5.56 Å². The van der Waals surface area contributed by atoms with Gasteiger partial charge in [0.1, 0.15) is 16.8 Å². The number of hydrogen-bond donors (Lipinski definition) is 0. The van der Waals surface area contributed by atoms with E-state index in [9.17, 15) is 9.18 Å². The van der Waals surface area contributed by atoms with Crippen LogP contribution in [-0.2, 0) is 27.4 Å². The lowest BCUT2D eigenvalue weighted by Gasteiger charge is -2.41. The number of aryl methyl sites for hydroxylation is 1. The number of carbonyl (C=O) groups excluding carboxylic acids is 1. The third kappa shape index (κ3) is 3.36. The largest absolute Gasteiger partial charge is 0.459 e. The Morgan fingerprint density at radius 3 is 2.43 bits per heavy atom. The van der Waals surface area contributed by atoms with Crippen LogP contribution in [0.25, 0.3) is 11.0 Å². The Balaban J connectivity index is 1.94. The summed E-state index contributed by atoms with van der Waals surface area (Å²) in [6, 6.07) is 10.4. The summed E-state index contributed by atoms with van der Waals surface area (Å²) in [5.74, 6) is -5.02. The summed E-state index contributed by atoms with van der Waals surface area (Å²) >= 11 is 0. The lowest BCUT2D eigenvalue weighted by molar-refractivity contribution is -0.171. The maximum absolute atomic E-state index is 15.4. The van der Waals surface area contributed by atoms with Crippen LogP contribution in [0.1, 0.15) is 44.1 Å². The van der Waals surface area contributed by atoms with Crippen molar-refractivity contribution < 1.29 is 22.7 Å². The Morgan fingerprint density at radius 1 is 1.13 bits per heavy atom. The molecule has 1 atom stereocenters. The number of carbonyl (C=O) groups is 1. The Morgan fingerprint density at radius 2 is 1.80 bits per heavy atom. The van der Waals surface area contributed by atoms with Gasteiger partial charge in [0.25, 0.3) is 0 Å². The van der Waals surface area contributed by atoms with Crippen LogP contribution in [0, 0.1) is 12.7 Å². The Bertz CT molecular complexity index is 1130. The van der Waals surface area contributed by atoms with E-state index in [1.54, 1.807) is 32.9 Å². The van der Waals surface area contributed by atoms with Gasteiger partial charge in [-0.2, -0.15) is 8.78 Å². The zero-order valence-corrected chi connectivity index (χ0v) is 17.3. The number of rotatable bonds is 2. The van der Waals surface area contributed by atoms with Gasteiger partial charge in [-0.1, -0.05) is 18.2 Å². The van der Waals surface area contributed by atoms with Gasteiger partial charge in [-0.05, 0) is 63.1 Å². The maximum atomic E-state index is 15.4. The van der Waals surface area contributed by atoms with E-state index >= 15 is 8.78 Å². The topological polar surface area (TPSA) is 44.1 Å². The van der Waals surface area contributed by atoms with E-state index in [2.05, 4.69) is 4.98 Å². The highest BCUT2D eigenvalue weighted by Gasteiger charge is 2.57. The van der Waals surface area contributed by atoms with Gasteiger partial charge in [-0.15, -0.1) is 0 Å². The number of fused-ring (bicyclic) bond motifs is 3. The lowest BCUT2D eigenvalue weighted by atomic mass is 9.73. The highest BCUT2D eigenvalue weighted by Crippen LogP contribution is 2.49. The van der Waals surface area contributed by atoms with Crippen LogP contribution in [0.3, 0.4) is 0 Å². The van der Waals surface area contributed by atoms with Crippen LogP contribution in [0.4, 0.5) is 13.2 Å². The number of hydrogen-bond acceptors (Lipinski definition) is 3. The van der Waals surface area contributed by atoms with Crippen molar-refractivity contribution >= 4 is 17.0 Å². The number of benzene rings is 2. The van der Waals surface area contributed by atoms with Gasteiger partial charge >= 0.3 is 11.9 Å². The first-order chi connectivity index (χ1) is 13.9. The van der Waals surface area contributed by atoms with Gasteiger partial charge in [-0.3, -0.25) is 4.79 Å². The fourth-order valence-corrected chi connectivity index (χ4v) is 4.06. The summed E-state index contributed by atoms with van der Waals surface area (Å²) < 4.78 is 51.4. The monoisotopic (exact) mass is 416 g/mol. The van der Waals surface area contributed by atoms with Crippen molar-refractivity contribution in [3.8, 4) is 0 Å². The van der Waals surface area contributed by atoms with Crippen molar-refractivity contribution in [1.82, 2.24) is 9.55 Å². The summed E-state index contributed by atoms with van der Waals surface area (Å²) in [6.45, 7) is 6.85. The van der Waals surface area contributed by atoms with Crippen LogP contribution >= 0.6 is 0 Å². The lowest BCUT2D eigenvalue weighted by Crippen LogP contribution is -2.51. The number of imidazole rings is 1. The molecule has 1 unspecified atom stereocenters. The van der Waals surface area contributed by atoms with Gasteiger partial charge in [0.15, 0.2) is 5.82 Å². The smallest absolute Gasteiger partial charge is 0.319 e. The molecular weight excluding hydrogens is 393 g/mol. The molecule has 4 nitrogen and oxygen atoms in total. The van der Waals surface area contributed by atoms with E-state index in [0.29, 0.717) is 11.0 Å². The van der Waals surface area contributed by atoms with Gasteiger partial charge in [0.05, 0.1) is 11.0 Å². The first-order valence-corrected chi connectivity index (χ1v) is 9.76. The van der Waals surface area contributed by atoms with E-state index in [-0.39, 0.29) is 17.9 Å². The first-order valence-electron chi connectivity index (χ1n) is 9.76. The highest BCUT2D eigenvalue weighted by molar-refractivity contribution is 5.85. The minimum Gasteiger partial charge on any atom is -0.459 e. The molecule has 0 bridgehead atoms. The summed E-state index contributed by atoms with van der Waals surface area (Å²) in [4.78, 5) is 17.5. The van der Waals surface area contributed by atoms with Gasteiger partial charge < -0.3 is 9.30 Å². The van der Waals surface area contributed by atoms with Crippen LogP contribution in [-0.4, -0.2) is 21.1 Å². The molecule has 3 aromatic rings. The second-order valence-corrected chi connectivity index (χ2v) is 8.99. The molecule has 0 amide bonds. The normalized spacial score (nSPS) is 20.8. The van der Waals surface area contributed by atoms with E-state index in [1.807, 2.05) is 13.0 Å². The van der Waals surface area contributed by atoms with Crippen molar-refractivity contribution in [3.05, 3.63) is 65.2 Å². The average Bonchev–Trinajstić information content (AvgIpc) is 2.98. The second kappa shape index (κ2) is 6.59. The third-order valence-electron chi connectivity index (χ3n) is 5.37. The van der Waals surface area contributed by atoms with Crippen molar-refractivity contribution in [2.24, 2.45) is 0 Å². The second-order valence-electron chi connectivity index (χ2n) is 8.99. The van der Waals surface area contributed by atoms with Crippen molar-refractivity contribution in [2.75, 3.05) is 0 Å². The molecule has 0 aliphatic carbocycles. The Hall–Kier alpha value is -2.83. The molecule has 30 heavy (non-hydrogen) atoms. The fourth-order valence-electron chi connectivity index (χ4n) is 4.06. The van der Waals surface area contributed by atoms with Crippen LogP contribution in [0.15, 0.2) is 42.5 Å². The predicted molar refractivity (Wildman–Crippen MR) is 107 cm³/mol. The van der Waals surface area contributed by atoms with E-state index in [4.69, 9.17) is 4.74 Å². The van der Waals surface area contributed by atoms with Crippen LogP contribution in [0.2, 0.25) is 0 Å². The number of esters is 1. The zero-order valence-electron chi connectivity index (χ0n) is 17.3. The quantitative estimate of drug-likeness (QED) is 0.536. The molecule has 0 radical (unpaired) electrons. The van der Waals surface area contributed by atoms with E-state index < -0.39 is 35.1 Å². The molecule has 158 valence electrons. The number of aromatic nitrogens is 2. The van der Waals surface area contributed by atoms with Crippen LogP contribution in [0.5, 0.6) is 0 Å². The molecular formula is C23H23F3N2O2. The van der Waals surface area contributed by atoms with E-state index in [1.165, 1.54) is 28.8 Å². The predicted octanol–water partition coefficient (Wildman–Crippen LogP) is 5.26. The molecule has 0 fully saturated rings. The van der Waals surface area contributed by atoms with Crippen molar-refractivity contribution in [1.29, 1.82) is 0 Å². The number of halogens is 3. The highest BCUT2D eigenvalue weighted by atomic mass is 19.3. The summed E-state index contributed by atoms with van der Waals surface area (Å²) in [5.41, 5.74) is -0.395. The van der Waals surface area contributed by atoms with Crippen LogP contribution < -0.4 is 0 Å². The molecule has 0 spiro atoms. The number of ether oxygens (including phenoxy) is 1. The van der Waals surface area contributed by atoms with Crippen molar-refractivity contribution in [2.45, 2.75) is 57.6 Å². The Kier molecular flexibility index (Phi) is 4.49. The summed E-state index contributed by atoms with van der Waals surface area (Å²) in [6.07, 6.45) is -0.803. The number of nitrogens with zero attached hydrogens (tertiary/aromatic N) is 2. The maximum Gasteiger partial charge on any atom is 0.319 e. The molecule has 1 aliphatic heterocycles. The average molecular weight is 416 g/mol. The molecule has 4 rings (SSSR count). The minimum absolute atomic E-state index is 0.0714. The summed E-state index contributed by atoms with van der Waals surface area (Å²) in [5, 5.41) is 0.